The Kier molecular flexibility index (Phi) is 7.41. The molecule has 1 saturated heterocycles. The van der Waals surface area contributed by atoms with Gasteiger partial charge in [0.05, 0.1) is 10.8 Å². The Labute approximate surface area is 197 Å². The van der Waals surface area contributed by atoms with Crippen molar-refractivity contribution >= 4 is 23.7 Å². The molecule has 4 nitrogen and oxygen atoms in total. The third-order valence-electron chi connectivity index (χ3n) is 5.63. The molecule has 32 heavy (non-hydrogen) atoms. The molecule has 5 heteroatoms. The van der Waals surface area contributed by atoms with Gasteiger partial charge >= 0.3 is 0 Å². The number of benzene rings is 2. The summed E-state index contributed by atoms with van der Waals surface area (Å²) in [6.45, 7) is 14.8. The Bertz CT molecular complexity index is 950. The number of carbonyl (C=O) groups excluding carboxylic acids is 1. The molecule has 2 aromatic rings. The van der Waals surface area contributed by atoms with Gasteiger partial charge in [0.2, 0.25) is 5.91 Å². The first-order valence-electron chi connectivity index (χ1n) is 11.2. The molecule has 2 aromatic carbocycles. The lowest BCUT2D eigenvalue weighted by Gasteiger charge is -2.28. The minimum absolute atomic E-state index is 0.147. The minimum Gasteiger partial charge on any atom is -0.507 e. The van der Waals surface area contributed by atoms with Crippen molar-refractivity contribution in [3.8, 4) is 5.75 Å². The zero-order chi connectivity index (χ0) is 23.5. The monoisotopic (exact) mass is 452 g/mol. The second kappa shape index (κ2) is 9.72. The summed E-state index contributed by atoms with van der Waals surface area (Å²) in [5, 5.41) is 15.4. The molecule has 0 spiro atoms. The van der Waals surface area contributed by atoms with Crippen LogP contribution in [-0.4, -0.2) is 34.8 Å². The molecule has 2 N–H and O–H groups in total. The molecular formula is C27H36N2O2S. The number of phenolic OH excluding ortho intramolecular Hbond substituents is 1. The third kappa shape index (κ3) is 5.96. The van der Waals surface area contributed by atoms with Gasteiger partial charge in [-0.1, -0.05) is 83.6 Å². The molecule has 0 atom stereocenters. The quantitative estimate of drug-likeness (QED) is 0.556. The van der Waals surface area contributed by atoms with Crippen LogP contribution in [-0.2, 0) is 22.2 Å². The lowest BCUT2D eigenvalue weighted by atomic mass is 9.78. The van der Waals surface area contributed by atoms with E-state index in [1.165, 1.54) is 5.56 Å². The van der Waals surface area contributed by atoms with E-state index in [9.17, 15) is 9.90 Å². The van der Waals surface area contributed by atoms with Crippen molar-refractivity contribution in [3.05, 3.63) is 69.7 Å². The Morgan fingerprint density at radius 1 is 1.03 bits per heavy atom. The summed E-state index contributed by atoms with van der Waals surface area (Å²) in [7, 11) is 0. The molecule has 1 fully saturated rings. The number of hydrogen-bond donors (Lipinski definition) is 2. The Morgan fingerprint density at radius 2 is 1.62 bits per heavy atom. The Morgan fingerprint density at radius 3 is 2.19 bits per heavy atom. The molecule has 0 aromatic heterocycles. The molecule has 1 aliphatic heterocycles. The molecule has 0 bridgehead atoms. The number of nitrogens with zero attached hydrogens (tertiary/aromatic N) is 1. The van der Waals surface area contributed by atoms with E-state index in [-0.39, 0.29) is 16.7 Å². The van der Waals surface area contributed by atoms with E-state index < -0.39 is 0 Å². The van der Waals surface area contributed by atoms with Gasteiger partial charge in [-0.3, -0.25) is 4.79 Å². The van der Waals surface area contributed by atoms with Gasteiger partial charge in [0.25, 0.3) is 0 Å². The van der Waals surface area contributed by atoms with E-state index in [0.29, 0.717) is 18.0 Å². The van der Waals surface area contributed by atoms with Gasteiger partial charge in [0.15, 0.2) is 0 Å². The summed E-state index contributed by atoms with van der Waals surface area (Å²) >= 11 is 1.59. The van der Waals surface area contributed by atoms with Crippen LogP contribution < -0.4 is 5.32 Å². The summed E-state index contributed by atoms with van der Waals surface area (Å²) in [5.41, 5.74) is 3.76. The molecule has 0 unspecified atom stereocenters. The summed E-state index contributed by atoms with van der Waals surface area (Å²) in [6.07, 6.45) is 2.09. The SMILES string of the molecule is CC(C)(C)c1cc(C=C2SCC(=O)N2CCNCc2ccccc2)cc(C(C)(C)C)c1O. The van der Waals surface area contributed by atoms with Crippen molar-refractivity contribution in [2.24, 2.45) is 0 Å². The minimum atomic E-state index is -0.182. The van der Waals surface area contributed by atoms with Crippen molar-refractivity contribution in [3.63, 3.8) is 0 Å². The lowest BCUT2D eigenvalue weighted by molar-refractivity contribution is -0.125. The van der Waals surface area contributed by atoms with Crippen LogP contribution in [0, 0.1) is 0 Å². The number of amides is 1. The van der Waals surface area contributed by atoms with Crippen LogP contribution in [0.25, 0.3) is 6.08 Å². The first-order chi connectivity index (χ1) is 15.0. The number of nitrogens with one attached hydrogen (secondary N) is 1. The highest BCUT2D eigenvalue weighted by molar-refractivity contribution is 8.04. The van der Waals surface area contributed by atoms with Crippen LogP contribution in [0.4, 0.5) is 0 Å². The topological polar surface area (TPSA) is 52.6 Å². The van der Waals surface area contributed by atoms with E-state index in [4.69, 9.17) is 0 Å². The molecule has 172 valence electrons. The molecule has 1 aliphatic rings. The van der Waals surface area contributed by atoms with Crippen LogP contribution in [0.3, 0.4) is 0 Å². The highest BCUT2D eigenvalue weighted by Gasteiger charge is 2.28. The third-order valence-corrected chi connectivity index (χ3v) is 6.66. The largest absolute Gasteiger partial charge is 0.507 e. The van der Waals surface area contributed by atoms with Gasteiger partial charge in [-0.25, -0.2) is 0 Å². The van der Waals surface area contributed by atoms with E-state index in [1.807, 2.05) is 23.1 Å². The first kappa shape index (κ1) is 24.4. The van der Waals surface area contributed by atoms with Crippen LogP contribution in [0.5, 0.6) is 5.75 Å². The van der Waals surface area contributed by atoms with Crippen molar-refractivity contribution in [1.29, 1.82) is 0 Å². The average Bonchev–Trinajstić information content (AvgIpc) is 3.05. The predicted octanol–water partition coefficient (Wildman–Crippen LogP) is 5.65. The normalized spacial score (nSPS) is 16.2. The number of carbonyl (C=O) groups is 1. The van der Waals surface area contributed by atoms with Crippen molar-refractivity contribution < 1.29 is 9.90 Å². The molecule has 3 rings (SSSR count). The lowest BCUT2D eigenvalue weighted by Crippen LogP contribution is -2.32. The molecule has 0 saturated carbocycles. The second-order valence-corrected chi connectivity index (χ2v) is 11.4. The van der Waals surface area contributed by atoms with Crippen LogP contribution >= 0.6 is 11.8 Å². The van der Waals surface area contributed by atoms with Gasteiger partial charge in [0, 0.05) is 30.8 Å². The number of hydrogen-bond acceptors (Lipinski definition) is 4. The predicted molar refractivity (Wildman–Crippen MR) is 136 cm³/mol. The van der Waals surface area contributed by atoms with Crippen molar-refractivity contribution in [2.45, 2.75) is 58.9 Å². The van der Waals surface area contributed by atoms with Gasteiger partial charge < -0.3 is 15.3 Å². The number of thioether (sulfide) groups is 1. The van der Waals surface area contributed by atoms with Crippen molar-refractivity contribution in [2.75, 3.05) is 18.8 Å². The highest BCUT2D eigenvalue weighted by Crippen LogP contribution is 2.41. The zero-order valence-electron chi connectivity index (χ0n) is 20.2. The molecular weight excluding hydrogens is 416 g/mol. The fourth-order valence-corrected chi connectivity index (χ4v) is 4.81. The number of aromatic hydroxyl groups is 1. The first-order valence-corrected chi connectivity index (χ1v) is 12.2. The van der Waals surface area contributed by atoms with Crippen LogP contribution in [0.1, 0.15) is 63.8 Å². The van der Waals surface area contributed by atoms with E-state index in [2.05, 4.69) is 77.2 Å². The maximum atomic E-state index is 12.5. The van der Waals surface area contributed by atoms with Crippen molar-refractivity contribution in [1.82, 2.24) is 10.2 Å². The molecule has 1 amide bonds. The van der Waals surface area contributed by atoms with Gasteiger partial charge in [0.1, 0.15) is 5.75 Å². The fourth-order valence-electron chi connectivity index (χ4n) is 3.81. The van der Waals surface area contributed by atoms with Crippen LogP contribution in [0.15, 0.2) is 47.5 Å². The summed E-state index contributed by atoms with van der Waals surface area (Å²) in [5.74, 6) is 0.999. The summed E-state index contributed by atoms with van der Waals surface area (Å²) in [6, 6.07) is 14.4. The highest BCUT2D eigenvalue weighted by atomic mass is 32.2. The maximum absolute atomic E-state index is 12.5. The fraction of sp³-hybridized carbons (Fsp3) is 0.444. The zero-order valence-corrected chi connectivity index (χ0v) is 21.0. The van der Waals surface area contributed by atoms with Gasteiger partial charge in [-0.05, 0) is 40.2 Å². The Balaban J connectivity index is 1.81. The molecule has 0 radical (unpaired) electrons. The average molecular weight is 453 g/mol. The smallest absolute Gasteiger partial charge is 0.237 e. The van der Waals surface area contributed by atoms with E-state index in [0.717, 1.165) is 34.8 Å². The van der Waals surface area contributed by atoms with Gasteiger partial charge in [-0.2, -0.15) is 0 Å². The maximum Gasteiger partial charge on any atom is 0.237 e. The van der Waals surface area contributed by atoms with Crippen LogP contribution in [0.2, 0.25) is 0 Å². The second-order valence-electron chi connectivity index (χ2n) is 10.4. The summed E-state index contributed by atoms with van der Waals surface area (Å²) < 4.78 is 0. The van der Waals surface area contributed by atoms with E-state index >= 15 is 0 Å². The Hall–Kier alpha value is -2.24. The van der Waals surface area contributed by atoms with Gasteiger partial charge in [-0.15, -0.1) is 0 Å². The molecule has 1 heterocycles. The summed E-state index contributed by atoms with van der Waals surface area (Å²) in [4.78, 5) is 14.4. The number of rotatable bonds is 6. The standard InChI is InChI=1S/C27H36N2O2S/c1-26(2,3)21-14-20(15-22(25(21)31)27(4,5)6)16-24-29(23(30)18-32-24)13-12-28-17-19-10-8-7-9-11-19/h7-11,14-16,28,31H,12-13,17-18H2,1-6H3. The number of phenols is 1. The van der Waals surface area contributed by atoms with E-state index in [1.54, 1.807) is 11.8 Å². The molecule has 0 aliphatic carbocycles.